The molecule has 1 aliphatic heterocycles. The fourth-order valence-corrected chi connectivity index (χ4v) is 4.48. The first-order valence-electron chi connectivity index (χ1n) is 11.6. The van der Waals surface area contributed by atoms with Crippen LogP contribution in [0.2, 0.25) is 0 Å². The molecule has 1 saturated heterocycles. The molecule has 1 unspecified atom stereocenters. The number of fused-ring (bicyclic) bond motifs is 1. The summed E-state index contributed by atoms with van der Waals surface area (Å²) in [6.07, 6.45) is 4.53. The molecular weight excluding hydrogens is 438 g/mol. The third-order valence-electron chi connectivity index (χ3n) is 6.35. The van der Waals surface area contributed by atoms with Crippen molar-refractivity contribution in [3.63, 3.8) is 0 Å². The molecule has 180 valence electrons. The number of amides is 1. The molecule has 0 radical (unpaired) electrons. The second kappa shape index (κ2) is 10.6. The zero-order chi connectivity index (χ0) is 24.1. The van der Waals surface area contributed by atoms with Gasteiger partial charge in [-0.05, 0) is 55.4 Å². The smallest absolute Gasteiger partial charge is 0.341 e. The molecule has 9 nitrogen and oxygen atoms in total. The van der Waals surface area contributed by atoms with E-state index >= 15 is 0 Å². The van der Waals surface area contributed by atoms with Crippen LogP contribution in [0.15, 0.2) is 36.4 Å². The topological polar surface area (TPSA) is 111 Å². The number of nitro groups is 1. The number of ether oxygens (including phenoxy) is 2. The van der Waals surface area contributed by atoms with E-state index in [2.05, 4.69) is 17.4 Å². The Hall–Kier alpha value is -3.46. The molecule has 0 spiro atoms. The number of esters is 1. The van der Waals surface area contributed by atoms with Gasteiger partial charge in [0, 0.05) is 25.2 Å². The van der Waals surface area contributed by atoms with E-state index in [1.54, 1.807) is 0 Å². The lowest BCUT2D eigenvalue weighted by Gasteiger charge is -2.30. The molecule has 0 bridgehead atoms. The zero-order valence-corrected chi connectivity index (χ0v) is 19.2. The van der Waals surface area contributed by atoms with Crippen LogP contribution in [0.25, 0.3) is 0 Å². The van der Waals surface area contributed by atoms with Crippen LogP contribution in [-0.4, -0.2) is 49.7 Å². The van der Waals surface area contributed by atoms with E-state index < -0.39 is 23.4 Å². The lowest BCUT2D eigenvalue weighted by Crippen LogP contribution is -2.37. The summed E-state index contributed by atoms with van der Waals surface area (Å²) in [5.41, 5.74) is 4.09. The van der Waals surface area contributed by atoms with Gasteiger partial charge in [0.2, 0.25) is 0 Å². The van der Waals surface area contributed by atoms with Gasteiger partial charge >= 0.3 is 5.97 Å². The van der Waals surface area contributed by atoms with Crippen molar-refractivity contribution < 1.29 is 24.0 Å². The Morgan fingerprint density at radius 1 is 1.12 bits per heavy atom. The van der Waals surface area contributed by atoms with Gasteiger partial charge in [-0.1, -0.05) is 18.2 Å². The number of nitrogens with zero attached hydrogens (tertiary/aromatic N) is 2. The van der Waals surface area contributed by atoms with Gasteiger partial charge in [0.15, 0.2) is 6.61 Å². The van der Waals surface area contributed by atoms with E-state index in [-0.39, 0.29) is 17.3 Å². The molecule has 0 aromatic heterocycles. The molecule has 2 aromatic carbocycles. The minimum atomic E-state index is -0.776. The number of rotatable bonds is 7. The SMILES string of the molecule is CC(NC(=O)COC(=O)c1cc([N+](=O)[O-])ccc1N1CCOCC1)c1ccc2c(c1)CCCC2. The number of non-ortho nitro benzene ring substituents is 1. The number of hydrogen-bond acceptors (Lipinski definition) is 7. The number of morpholine rings is 1. The predicted molar refractivity (Wildman–Crippen MR) is 126 cm³/mol. The number of carbonyl (C=O) groups excluding carboxylic acids is 2. The minimum absolute atomic E-state index is 0.0617. The van der Waals surface area contributed by atoms with Crippen LogP contribution in [0.1, 0.15) is 52.9 Å². The van der Waals surface area contributed by atoms with Crippen molar-refractivity contribution in [1.82, 2.24) is 5.32 Å². The summed E-state index contributed by atoms with van der Waals surface area (Å²) in [4.78, 5) is 37.9. The molecule has 1 amide bonds. The Morgan fingerprint density at radius 3 is 2.59 bits per heavy atom. The van der Waals surface area contributed by atoms with Crippen molar-refractivity contribution in [2.24, 2.45) is 0 Å². The average Bonchev–Trinajstić information content (AvgIpc) is 2.87. The molecule has 2 aliphatic rings. The maximum atomic E-state index is 12.8. The molecule has 34 heavy (non-hydrogen) atoms. The highest BCUT2D eigenvalue weighted by Gasteiger charge is 2.24. The van der Waals surface area contributed by atoms with E-state index in [1.807, 2.05) is 17.9 Å². The lowest BCUT2D eigenvalue weighted by atomic mass is 9.89. The molecule has 1 heterocycles. The highest BCUT2D eigenvalue weighted by Crippen LogP contribution is 2.27. The number of benzene rings is 2. The summed E-state index contributed by atoms with van der Waals surface area (Å²) < 4.78 is 10.6. The van der Waals surface area contributed by atoms with Gasteiger partial charge in [-0.15, -0.1) is 0 Å². The molecule has 1 fully saturated rings. The molecular formula is C25H29N3O6. The molecule has 9 heteroatoms. The molecule has 0 saturated carbocycles. The number of carbonyl (C=O) groups is 2. The van der Waals surface area contributed by atoms with Crippen molar-refractivity contribution in [3.05, 3.63) is 68.8 Å². The number of anilines is 1. The van der Waals surface area contributed by atoms with Crippen molar-refractivity contribution in [3.8, 4) is 0 Å². The Labute approximate surface area is 198 Å². The standard InChI is InChI=1S/C25H29N3O6/c1-17(19-7-6-18-4-2-3-5-20(18)14-19)26-24(29)16-34-25(30)22-15-21(28(31)32)8-9-23(22)27-10-12-33-13-11-27/h6-9,14-15,17H,2-5,10-13,16H2,1H3,(H,26,29). The van der Waals surface area contributed by atoms with Crippen LogP contribution in [0.5, 0.6) is 0 Å². The maximum Gasteiger partial charge on any atom is 0.341 e. The van der Waals surface area contributed by atoms with Crippen molar-refractivity contribution in [2.75, 3.05) is 37.8 Å². The van der Waals surface area contributed by atoms with E-state index in [4.69, 9.17) is 9.47 Å². The van der Waals surface area contributed by atoms with Crippen LogP contribution in [0, 0.1) is 10.1 Å². The molecule has 2 aromatic rings. The van der Waals surface area contributed by atoms with Gasteiger partial charge in [0.05, 0.1) is 35.4 Å². The predicted octanol–water partition coefficient (Wildman–Crippen LogP) is 3.34. The minimum Gasteiger partial charge on any atom is -0.452 e. The lowest BCUT2D eigenvalue weighted by molar-refractivity contribution is -0.384. The number of aryl methyl sites for hydroxylation is 2. The Kier molecular flexibility index (Phi) is 7.42. The monoisotopic (exact) mass is 467 g/mol. The van der Waals surface area contributed by atoms with Gasteiger partial charge in [-0.25, -0.2) is 4.79 Å². The fourth-order valence-electron chi connectivity index (χ4n) is 4.48. The summed E-state index contributed by atoms with van der Waals surface area (Å²) in [6, 6.07) is 10.2. The van der Waals surface area contributed by atoms with E-state index in [9.17, 15) is 19.7 Å². The normalized spacial score (nSPS) is 16.3. The van der Waals surface area contributed by atoms with Crippen LogP contribution in [0.3, 0.4) is 0 Å². The fraction of sp³-hybridized carbons (Fsp3) is 0.440. The Morgan fingerprint density at radius 2 is 1.85 bits per heavy atom. The zero-order valence-electron chi connectivity index (χ0n) is 19.2. The Balaban J connectivity index is 1.40. The second-order valence-corrected chi connectivity index (χ2v) is 8.66. The highest BCUT2D eigenvalue weighted by molar-refractivity contribution is 5.97. The number of hydrogen-bond donors (Lipinski definition) is 1. The summed E-state index contributed by atoms with van der Waals surface area (Å²) in [5.74, 6) is -1.21. The van der Waals surface area contributed by atoms with Gasteiger partial charge in [-0.3, -0.25) is 14.9 Å². The van der Waals surface area contributed by atoms with Crippen LogP contribution in [0.4, 0.5) is 11.4 Å². The van der Waals surface area contributed by atoms with Crippen molar-refractivity contribution in [1.29, 1.82) is 0 Å². The first-order valence-corrected chi connectivity index (χ1v) is 11.6. The third-order valence-corrected chi connectivity index (χ3v) is 6.35. The van der Waals surface area contributed by atoms with Gasteiger partial charge in [0.1, 0.15) is 0 Å². The first kappa shape index (κ1) is 23.7. The van der Waals surface area contributed by atoms with Crippen LogP contribution >= 0.6 is 0 Å². The molecule has 4 rings (SSSR count). The van der Waals surface area contributed by atoms with Crippen molar-refractivity contribution in [2.45, 2.75) is 38.6 Å². The second-order valence-electron chi connectivity index (χ2n) is 8.66. The number of nitro benzene ring substituents is 1. The maximum absolute atomic E-state index is 12.8. The quantitative estimate of drug-likeness (QED) is 0.378. The van der Waals surface area contributed by atoms with Crippen LogP contribution < -0.4 is 10.2 Å². The van der Waals surface area contributed by atoms with Gasteiger partial charge in [0.25, 0.3) is 11.6 Å². The van der Waals surface area contributed by atoms with Crippen LogP contribution in [-0.2, 0) is 27.1 Å². The summed E-state index contributed by atoms with van der Waals surface area (Å²) in [6.45, 7) is 3.51. The summed E-state index contributed by atoms with van der Waals surface area (Å²) in [7, 11) is 0. The van der Waals surface area contributed by atoms with E-state index in [0.717, 1.165) is 18.4 Å². The summed E-state index contributed by atoms with van der Waals surface area (Å²) in [5, 5.41) is 14.1. The first-order chi connectivity index (χ1) is 16.4. The molecule has 1 N–H and O–H groups in total. The average molecular weight is 468 g/mol. The van der Waals surface area contributed by atoms with E-state index in [1.165, 1.54) is 42.2 Å². The summed E-state index contributed by atoms with van der Waals surface area (Å²) >= 11 is 0. The van der Waals surface area contributed by atoms with Gasteiger partial charge in [-0.2, -0.15) is 0 Å². The van der Waals surface area contributed by atoms with E-state index in [0.29, 0.717) is 32.0 Å². The van der Waals surface area contributed by atoms with Gasteiger partial charge < -0.3 is 19.7 Å². The Bertz CT molecular complexity index is 1080. The molecule has 1 aliphatic carbocycles. The highest BCUT2D eigenvalue weighted by atomic mass is 16.6. The molecule has 1 atom stereocenters. The largest absolute Gasteiger partial charge is 0.452 e. The number of nitrogens with one attached hydrogen (secondary N) is 1. The van der Waals surface area contributed by atoms with Crippen molar-refractivity contribution >= 4 is 23.3 Å². The third kappa shape index (κ3) is 5.53.